The molecule has 0 atom stereocenters. The van der Waals surface area contributed by atoms with E-state index >= 15 is 0 Å². The average Bonchev–Trinajstić information content (AvgIpc) is 3.05. The number of halogens is 1. The molecule has 0 aliphatic heterocycles. The van der Waals surface area contributed by atoms with Crippen molar-refractivity contribution in [1.82, 2.24) is 20.1 Å². The van der Waals surface area contributed by atoms with Crippen LogP contribution in [0.15, 0.2) is 42.5 Å². The van der Waals surface area contributed by atoms with Gasteiger partial charge in [0.2, 0.25) is 0 Å². The fraction of sp³-hybridized carbons (Fsp3) is 0.211. The lowest BCUT2D eigenvalue weighted by molar-refractivity contribution is -0.384. The number of nitro groups is 1. The molecule has 2 aromatic carbocycles. The maximum absolute atomic E-state index is 12.4. The smallest absolute Gasteiger partial charge is 0.293 e. The van der Waals surface area contributed by atoms with Gasteiger partial charge >= 0.3 is 0 Å². The van der Waals surface area contributed by atoms with Gasteiger partial charge < -0.3 is 15.2 Å². The van der Waals surface area contributed by atoms with Crippen LogP contribution >= 0.6 is 23.8 Å². The summed E-state index contributed by atoms with van der Waals surface area (Å²) in [7, 11) is 1.78. The first kappa shape index (κ1) is 21.5. The zero-order valence-electron chi connectivity index (χ0n) is 16.0. The highest BCUT2D eigenvalue weighted by atomic mass is 35.5. The Balaban J connectivity index is 1.67. The Hall–Kier alpha value is -3.24. The van der Waals surface area contributed by atoms with Crippen LogP contribution in [0.2, 0.25) is 5.02 Å². The molecule has 0 saturated heterocycles. The molecule has 9 nitrogen and oxygen atoms in total. The van der Waals surface area contributed by atoms with Crippen LogP contribution in [0, 0.1) is 14.9 Å². The van der Waals surface area contributed by atoms with E-state index in [1.807, 2.05) is 18.2 Å². The quantitative estimate of drug-likeness (QED) is 0.276. The standard InChI is InChI=1S/C19H19ClN6O3S/c1-25-17(23-24-19(25)30)8-9-21-18(27)12-6-7-15(16(10-12)26(28)29)22-11-13-4-2-3-5-14(13)20/h2-7,10,22H,8-9,11H2,1H3,(H,21,27)(H,24,30). The molecule has 0 aliphatic rings. The molecule has 3 N–H and O–H groups in total. The minimum absolute atomic E-state index is 0.191. The fourth-order valence-corrected chi connectivity index (χ4v) is 3.15. The SMILES string of the molecule is Cn1c(CCNC(=O)c2ccc(NCc3ccccc3Cl)c([N+](=O)[O-])c2)n[nH]c1=S. The molecule has 0 unspecified atom stereocenters. The molecule has 0 aliphatic carbocycles. The van der Waals surface area contributed by atoms with Crippen molar-refractivity contribution < 1.29 is 9.72 Å². The second-order valence-corrected chi connectivity index (χ2v) is 7.24. The van der Waals surface area contributed by atoms with Crippen molar-refractivity contribution in [2.45, 2.75) is 13.0 Å². The Morgan fingerprint density at radius 3 is 2.77 bits per heavy atom. The second-order valence-electron chi connectivity index (χ2n) is 6.44. The third kappa shape index (κ3) is 5.02. The summed E-state index contributed by atoms with van der Waals surface area (Å²) in [5.41, 5.74) is 1.12. The summed E-state index contributed by atoms with van der Waals surface area (Å²) in [5, 5.41) is 24.6. The van der Waals surface area contributed by atoms with Gasteiger partial charge in [-0.1, -0.05) is 29.8 Å². The van der Waals surface area contributed by atoms with Gasteiger partial charge in [-0.05, 0) is 36.0 Å². The van der Waals surface area contributed by atoms with Gasteiger partial charge in [0, 0.05) is 43.2 Å². The molecule has 0 radical (unpaired) electrons. The number of hydrogen-bond donors (Lipinski definition) is 3. The van der Waals surface area contributed by atoms with Gasteiger partial charge in [-0.2, -0.15) is 5.10 Å². The van der Waals surface area contributed by atoms with E-state index in [-0.39, 0.29) is 11.3 Å². The number of carbonyl (C=O) groups excluding carboxylic acids is 1. The molecule has 3 aromatic rings. The van der Waals surface area contributed by atoms with Crippen molar-refractivity contribution in [3.05, 3.63) is 79.3 Å². The third-order valence-electron chi connectivity index (χ3n) is 4.49. The highest BCUT2D eigenvalue weighted by molar-refractivity contribution is 7.71. The van der Waals surface area contributed by atoms with E-state index in [0.29, 0.717) is 40.8 Å². The number of rotatable bonds is 8. The Labute approximate surface area is 182 Å². The lowest BCUT2D eigenvalue weighted by Gasteiger charge is -2.10. The Morgan fingerprint density at radius 1 is 1.33 bits per heavy atom. The summed E-state index contributed by atoms with van der Waals surface area (Å²) < 4.78 is 2.21. The number of nitrogens with zero attached hydrogens (tertiary/aromatic N) is 3. The first-order valence-corrected chi connectivity index (χ1v) is 9.79. The van der Waals surface area contributed by atoms with Crippen molar-refractivity contribution in [2.75, 3.05) is 11.9 Å². The van der Waals surface area contributed by atoms with Crippen LogP contribution in [0.5, 0.6) is 0 Å². The van der Waals surface area contributed by atoms with Crippen LogP contribution in [-0.2, 0) is 20.0 Å². The van der Waals surface area contributed by atoms with E-state index in [4.69, 9.17) is 23.8 Å². The van der Waals surface area contributed by atoms with Crippen molar-refractivity contribution >= 4 is 41.1 Å². The van der Waals surface area contributed by atoms with Crippen molar-refractivity contribution in [1.29, 1.82) is 0 Å². The topological polar surface area (TPSA) is 118 Å². The summed E-state index contributed by atoms with van der Waals surface area (Å²) in [6.45, 7) is 0.629. The lowest BCUT2D eigenvalue weighted by atomic mass is 10.1. The van der Waals surface area contributed by atoms with E-state index in [1.54, 1.807) is 17.7 Å². The van der Waals surface area contributed by atoms with Crippen LogP contribution in [0.1, 0.15) is 21.7 Å². The van der Waals surface area contributed by atoms with Gasteiger partial charge in [-0.15, -0.1) is 0 Å². The first-order chi connectivity index (χ1) is 14.4. The molecule has 11 heteroatoms. The monoisotopic (exact) mass is 446 g/mol. The summed E-state index contributed by atoms with van der Waals surface area (Å²) in [6, 6.07) is 11.5. The van der Waals surface area contributed by atoms with Gasteiger partial charge in [-0.3, -0.25) is 20.0 Å². The zero-order valence-corrected chi connectivity index (χ0v) is 17.6. The van der Waals surface area contributed by atoms with Gasteiger partial charge in [0.15, 0.2) is 4.77 Å². The van der Waals surface area contributed by atoms with E-state index in [0.717, 1.165) is 5.56 Å². The summed E-state index contributed by atoms with van der Waals surface area (Å²) >= 11 is 11.2. The van der Waals surface area contributed by atoms with Gasteiger partial charge in [0.25, 0.3) is 11.6 Å². The number of anilines is 1. The Bertz CT molecular complexity index is 1140. The predicted molar refractivity (Wildman–Crippen MR) is 116 cm³/mol. The molecule has 1 amide bonds. The molecular weight excluding hydrogens is 428 g/mol. The molecule has 156 valence electrons. The largest absolute Gasteiger partial charge is 0.375 e. The van der Waals surface area contributed by atoms with Crippen molar-refractivity contribution in [2.24, 2.45) is 7.05 Å². The maximum Gasteiger partial charge on any atom is 0.293 e. The fourth-order valence-electron chi connectivity index (χ4n) is 2.80. The average molecular weight is 447 g/mol. The van der Waals surface area contributed by atoms with Gasteiger partial charge in [-0.25, -0.2) is 0 Å². The third-order valence-corrected chi connectivity index (χ3v) is 5.22. The molecule has 30 heavy (non-hydrogen) atoms. The second kappa shape index (κ2) is 9.51. The number of hydrogen-bond acceptors (Lipinski definition) is 6. The summed E-state index contributed by atoms with van der Waals surface area (Å²) in [4.78, 5) is 23.4. The number of H-pyrrole nitrogens is 1. The van der Waals surface area contributed by atoms with Crippen LogP contribution in [0.3, 0.4) is 0 Å². The normalized spacial score (nSPS) is 10.6. The molecule has 1 heterocycles. The van der Waals surface area contributed by atoms with Crippen LogP contribution in [-0.4, -0.2) is 32.1 Å². The van der Waals surface area contributed by atoms with E-state index in [9.17, 15) is 14.9 Å². The first-order valence-electron chi connectivity index (χ1n) is 9.01. The summed E-state index contributed by atoms with van der Waals surface area (Å²) in [6.07, 6.45) is 0.467. The molecule has 0 fully saturated rings. The minimum atomic E-state index is -0.527. The zero-order chi connectivity index (χ0) is 21.7. The highest BCUT2D eigenvalue weighted by Gasteiger charge is 2.18. The Morgan fingerprint density at radius 2 is 2.10 bits per heavy atom. The minimum Gasteiger partial charge on any atom is -0.375 e. The highest BCUT2D eigenvalue weighted by Crippen LogP contribution is 2.27. The molecule has 0 bridgehead atoms. The number of benzene rings is 2. The number of aromatic nitrogens is 3. The van der Waals surface area contributed by atoms with E-state index < -0.39 is 10.8 Å². The molecule has 0 spiro atoms. The molecule has 1 aromatic heterocycles. The van der Waals surface area contributed by atoms with Crippen LogP contribution < -0.4 is 10.6 Å². The number of aromatic amines is 1. The van der Waals surface area contributed by atoms with Crippen molar-refractivity contribution in [3.63, 3.8) is 0 Å². The predicted octanol–water partition coefficient (Wildman–Crippen LogP) is 3.62. The Kier molecular flexibility index (Phi) is 6.80. The van der Waals surface area contributed by atoms with Crippen molar-refractivity contribution in [3.8, 4) is 0 Å². The molecule has 0 saturated carbocycles. The lowest BCUT2D eigenvalue weighted by Crippen LogP contribution is -2.26. The van der Waals surface area contributed by atoms with Gasteiger partial charge in [0.05, 0.1) is 4.92 Å². The van der Waals surface area contributed by atoms with Crippen LogP contribution in [0.4, 0.5) is 11.4 Å². The van der Waals surface area contributed by atoms with E-state index in [1.165, 1.54) is 18.2 Å². The van der Waals surface area contributed by atoms with Gasteiger partial charge in [0.1, 0.15) is 11.5 Å². The number of carbonyl (C=O) groups is 1. The number of amides is 1. The summed E-state index contributed by atoms with van der Waals surface area (Å²) in [5.74, 6) is 0.290. The molecular formula is C19H19ClN6O3S. The number of nitro benzene ring substituents is 1. The molecule has 3 rings (SSSR count). The maximum atomic E-state index is 12.4. The number of nitrogens with one attached hydrogen (secondary N) is 3. The van der Waals surface area contributed by atoms with Crippen LogP contribution in [0.25, 0.3) is 0 Å². The van der Waals surface area contributed by atoms with E-state index in [2.05, 4.69) is 20.8 Å².